The zero-order chi connectivity index (χ0) is 103. The molecule has 0 radical (unpaired) electrons. The number of rotatable bonds is 33. The summed E-state index contributed by atoms with van der Waals surface area (Å²) in [6, 6.07) is 26.8. The molecule has 0 amide bonds. The molecule has 9 heterocycles. The van der Waals surface area contributed by atoms with E-state index < -0.39 is 11.1 Å². The molecule has 15 aromatic carbocycles. The Hall–Kier alpha value is -14.9. The topological polar surface area (TPSA) is 249 Å². The minimum absolute atomic E-state index is 0. The number of benzene rings is 15. The monoisotopic (exact) mass is 1970 g/mol. The maximum Gasteiger partial charge on any atom is 0.261 e. The standard InChI is InChI=1S/C84H80N6O8.C42H41N3O4.CH4/c1-11-21-23-27-35-85-59-39-55-65-51(77(91)87(81(55)95)45(13-3)14-4)33-31-49-63-43(37-53-67-57(83(97)89(79(53)93)47(17-7)18-8)41-61(85)73(75(63)67)71(59)69(49)65)29-25-26-30-44-38-54-68-58(84(98)90(80(54)94)48(19-9)20-10)42-62-74-72-60(86(62)36-28-24-22-12-2)40-56-66-52(34-32-50(70(66)72)64(44)76(68)74)78(92)88(82(56)96)46(15-5)16-6;1-7-13-14-15-18-43-30-20-28-33-26(39(46)44(41(28)48)23(9-3)10-4)17-16-25-32-22(8-2)19-27-34-29(42(49)45(40(27)47)24(11-5)12-6)21-31(43)37(38(32)34)36(30)35(25)33;/h31-34,37-42,45-48H,11-24,27-28,35-36H2,1-10H3;2,16-17,19-21,23-24H,7,9-15,18H2,1,3-6H3;1H4. The second-order valence-electron chi connectivity index (χ2n) is 41.9. The predicted molar refractivity (Wildman–Crippen MR) is 617 cm³/mol. The van der Waals surface area contributed by atoms with E-state index in [-0.39, 0.29) is 99.3 Å². The Labute approximate surface area is 852 Å². The van der Waals surface area contributed by atoms with Gasteiger partial charge in [0, 0.05) is 218 Å². The predicted octanol–water partition coefficient (Wildman–Crippen LogP) is 26.3. The molecular weight excluding hydrogens is 1840 g/mol. The minimum atomic E-state index is -0.406. The highest BCUT2D eigenvalue weighted by Crippen LogP contribution is 2.56. The van der Waals surface area contributed by atoms with Gasteiger partial charge in [0.05, 0.1) is 65.4 Å². The molecule has 0 bridgehead atoms. The zero-order valence-electron chi connectivity index (χ0n) is 86.7. The summed E-state index contributed by atoms with van der Waals surface area (Å²) >= 11 is 0. The van der Waals surface area contributed by atoms with Gasteiger partial charge in [-0.2, -0.15) is 0 Å². The number of aromatic nitrogens is 9. The van der Waals surface area contributed by atoms with Gasteiger partial charge in [-0.3, -0.25) is 84.9 Å². The van der Waals surface area contributed by atoms with Crippen molar-refractivity contribution in [3.05, 3.63) is 232 Å². The summed E-state index contributed by atoms with van der Waals surface area (Å²) in [5.41, 5.74) is 2.59. The Balaban J connectivity index is 0.000000208. The summed E-state index contributed by atoms with van der Waals surface area (Å²) in [7, 11) is 0. The van der Waals surface area contributed by atoms with Crippen LogP contribution < -0.4 is 66.7 Å². The molecule has 0 unspecified atom stereocenters. The summed E-state index contributed by atoms with van der Waals surface area (Å²) in [6.07, 6.45) is 25.5. The number of terminal acetylenes is 1. The largest absolute Gasteiger partial charge is 0.340 e. The van der Waals surface area contributed by atoms with Gasteiger partial charge >= 0.3 is 0 Å². The molecule has 148 heavy (non-hydrogen) atoms. The van der Waals surface area contributed by atoms with E-state index in [1.807, 2.05) is 168 Å². The number of hydrogen-bond acceptors (Lipinski definition) is 12. The molecule has 0 saturated carbocycles. The van der Waals surface area contributed by atoms with E-state index in [1.165, 1.54) is 27.4 Å². The minimum Gasteiger partial charge on any atom is -0.340 e. The van der Waals surface area contributed by atoms with Gasteiger partial charge in [0.25, 0.3) is 66.7 Å². The van der Waals surface area contributed by atoms with Gasteiger partial charge in [0.15, 0.2) is 0 Å². The normalized spacial score (nSPS) is 12.7. The van der Waals surface area contributed by atoms with E-state index in [1.54, 1.807) is 6.07 Å². The van der Waals surface area contributed by atoms with Gasteiger partial charge in [-0.15, -0.1) is 6.42 Å². The van der Waals surface area contributed by atoms with Crippen LogP contribution in [0.25, 0.3) is 227 Å². The average Bonchev–Trinajstić information content (AvgIpc) is 1.47. The second-order valence-corrected chi connectivity index (χ2v) is 41.9. The number of unbranched alkanes of at least 4 members (excludes halogenated alkanes) is 9. The van der Waals surface area contributed by atoms with Crippen LogP contribution in [-0.4, -0.2) is 41.1 Å². The highest BCUT2D eigenvalue weighted by Gasteiger charge is 2.38. The van der Waals surface area contributed by atoms with E-state index >= 15 is 28.8 Å². The van der Waals surface area contributed by atoms with Crippen molar-refractivity contribution in [2.45, 2.75) is 321 Å². The van der Waals surface area contributed by atoms with E-state index in [0.29, 0.717) is 232 Å². The lowest BCUT2D eigenvalue weighted by molar-refractivity contribution is 0.451. The first-order chi connectivity index (χ1) is 71.4. The SMILES string of the molecule is C.C#Cc1cc2c(=O)n(C(CC)CC)c(=O)c3cc4c5c(c1c1ccc6c(=O)n(C(CC)CC)c(=O)c7cc(c5c1c67)n4CCCCCC)c23.CCCCCCn1c2cc3c(=O)n(C(CC)CC)c(=O)c4ccc5c6c(C#CC#Cc7cc8c(=O)n(C(CC)CC)c(=O)c9cc%10c%11c(c7c7ccc%12c(=O)n(C(CC)CC)c(=O)c%13cc(c%11c7c%12%13)n%10CCCCCC)c89)cc7c(=O)n(C(CC)CC)c(=O)c8cc1c(c6c78)c2c5c43. The van der Waals surface area contributed by atoms with Gasteiger partial charge in [-0.05, 0) is 197 Å². The Kier molecular flexibility index (Phi) is 24.4. The van der Waals surface area contributed by atoms with Gasteiger partial charge in [0.1, 0.15) is 0 Å². The van der Waals surface area contributed by atoms with Crippen molar-refractivity contribution in [1.29, 1.82) is 0 Å². The number of pyridine rings is 6. The highest BCUT2D eigenvalue weighted by molar-refractivity contribution is 6.50. The number of aryl methyl sites for hydroxylation is 3. The van der Waals surface area contributed by atoms with Crippen molar-refractivity contribution < 1.29 is 0 Å². The van der Waals surface area contributed by atoms with Crippen molar-refractivity contribution in [1.82, 2.24) is 41.1 Å². The summed E-state index contributed by atoms with van der Waals surface area (Å²) in [4.78, 5) is 179. The number of hydrogen-bond donors (Lipinski definition) is 0. The molecule has 750 valence electrons. The zero-order valence-corrected chi connectivity index (χ0v) is 86.7. The molecule has 21 heteroatoms. The Morgan fingerprint density at radius 2 is 0.385 bits per heavy atom. The number of fused-ring (bicyclic) bond motifs is 3. The van der Waals surface area contributed by atoms with Gasteiger partial charge in [0.2, 0.25) is 0 Å². The molecule has 0 N–H and O–H groups in total. The van der Waals surface area contributed by atoms with Crippen LogP contribution >= 0.6 is 0 Å². The molecular formula is C127H125N9O12. The molecule has 0 spiro atoms. The average molecular weight is 1970 g/mol. The molecule has 0 saturated heterocycles. The summed E-state index contributed by atoms with van der Waals surface area (Å²) in [6.45, 7) is 32.5. The van der Waals surface area contributed by atoms with Crippen LogP contribution in [0.4, 0.5) is 0 Å². The van der Waals surface area contributed by atoms with E-state index in [4.69, 9.17) is 6.42 Å². The van der Waals surface area contributed by atoms with Crippen LogP contribution in [0.3, 0.4) is 0 Å². The second kappa shape index (κ2) is 36.9. The smallest absolute Gasteiger partial charge is 0.261 e. The Morgan fingerprint density at radius 3 is 0.595 bits per heavy atom. The summed E-state index contributed by atoms with van der Waals surface area (Å²) in [5, 5.41) is 23.3. The third-order valence-corrected chi connectivity index (χ3v) is 34.8. The van der Waals surface area contributed by atoms with Crippen molar-refractivity contribution in [2.75, 3.05) is 0 Å². The Morgan fingerprint density at radius 1 is 0.203 bits per heavy atom. The summed E-state index contributed by atoms with van der Waals surface area (Å²) < 4.78 is 15.5. The molecule has 0 aliphatic heterocycles. The molecule has 0 atom stereocenters. The molecule has 0 fully saturated rings. The summed E-state index contributed by atoms with van der Waals surface area (Å²) in [5.74, 6) is 16.4. The first-order valence-corrected chi connectivity index (χ1v) is 54.4. The first-order valence-electron chi connectivity index (χ1n) is 54.4. The van der Waals surface area contributed by atoms with Crippen LogP contribution in [0.2, 0.25) is 0 Å². The fourth-order valence-corrected chi connectivity index (χ4v) is 27.6. The van der Waals surface area contributed by atoms with Crippen LogP contribution in [0.1, 0.15) is 318 Å². The Bertz CT molecular complexity index is 10200. The first kappa shape index (κ1) is 97.8. The molecule has 0 aliphatic rings. The third-order valence-electron chi connectivity index (χ3n) is 34.8. The maximum absolute atomic E-state index is 15.5. The quantitative estimate of drug-likeness (QED) is 0.0161. The third kappa shape index (κ3) is 13.1. The van der Waals surface area contributed by atoms with E-state index in [9.17, 15) is 28.8 Å². The maximum atomic E-state index is 15.5. The fourth-order valence-electron chi connectivity index (χ4n) is 27.6. The lowest BCUT2D eigenvalue weighted by Crippen LogP contribution is -2.36. The lowest BCUT2D eigenvalue weighted by Gasteiger charge is -2.21. The fraction of sp³-hybridized carbons (Fsp3) is 0.386. The van der Waals surface area contributed by atoms with Crippen molar-refractivity contribution in [2.24, 2.45) is 0 Å². The molecule has 9 aromatic heterocycles. The van der Waals surface area contributed by atoms with Gasteiger partial charge in [-0.1, -0.05) is 205 Å². The van der Waals surface area contributed by atoms with Gasteiger partial charge < -0.3 is 13.7 Å². The molecule has 24 rings (SSSR count). The van der Waals surface area contributed by atoms with Crippen LogP contribution in [0.15, 0.2) is 149 Å². The van der Waals surface area contributed by atoms with Crippen LogP contribution in [0.5, 0.6) is 0 Å². The van der Waals surface area contributed by atoms with E-state index in [2.05, 4.69) is 64.1 Å². The highest BCUT2D eigenvalue weighted by atomic mass is 16.2. The van der Waals surface area contributed by atoms with Crippen molar-refractivity contribution >= 4 is 227 Å². The number of nitrogens with zero attached hydrogens (tertiary/aromatic N) is 9. The van der Waals surface area contributed by atoms with E-state index in [0.717, 1.165) is 186 Å². The van der Waals surface area contributed by atoms with Crippen molar-refractivity contribution in [3.8, 4) is 36.0 Å². The van der Waals surface area contributed by atoms with Crippen LogP contribution in [-0.2, 0) is 19.6 Å². The van der Waals surface area contributed by atoms with Crippen molar-refractivity contribution in [3.63, 3.8) is 0 Å². The van der Waals surface area contributed by atoms with Crippen LogP contribution in [0, 0.1) is 36.0 Å². The molecule has 21 nitrogen and oxygen atoms in total. The van der Waals surface area contributed by atoms with Gasteiger partial charge in [-0.25, -0.2) is 0 Å². The molecule has 24 aromatic rings. The lowest BCUT2D eigenvalue weighted by atomic mass is 9.84. The molecule has 0 aliphatic carbocycles.